The van der Waals surface area contributed by atoms with Gasteiger partial charge in [0.15, 0.2) is 6.54 Å². The molecule has 3 nitrogen and oxygen atoms in total. The summed E-state index contributed by atoms with van der Waals surface area (Å²) < 4.78 is 0. The highest BCUT2D eigenvalue weighted by Crippen LogP contribution is 2.23. The smallest absolute Gasteiger partial charge is 0.279 e. The Labute approximate surface area is 139 Å². The van der Waals surface area contributed by atoms with E-state index in [0.717, 1.165) is 5.69 Å². The molecule has 2 aromatic rings. The molecule has 3 heteroatoms. The van der Waals surface area contributed by atoms with Gasteiger partial charge >= 0.3 is 0 Å². The number of rotatable bonds is 5. The largest absolute Gasteiger partial charge is 0.333 e. The van der Waals surface area contributed by atoms with Crippen LogP contribution in [0.5, 0.6) is 0 Å². The number of anilines is 1. The number of carbonyl (C=O) groups excluding carboxylic acids is 1. The van der Waals surface area contributed by atoms with E-state index < -0.39 is 0 Å². The van der Waals surface area contributed by atoms with Gasteiger partial charge < -0.3 is 10.6 Å². The molecule has 0 saturated carbocycles. The van der Waals surface area contributed by atoms with Crippen molar-refractivity contribution in [1.82, 2.24) is 0 Å². The zero-order valence-electron chi connectivity index (χ0n) is 14.5. The van der Waals surface area contributed by atoms with E-state index in [9.17, 15) is 4.79 Å². The lowest BCUT2D eigenvalue weighted by molar-refractivity contribution is -0.682. The first-order chi connectivity index (χ1) is 10.9. The van der Waals surface area contributed by atoms with E-state index in [0.29, 0.717) is 6.54 Å². The fourth-order valence-corrected chi connectivity index (χ4v) is 2.44. The maximum absolute atomic E-state index is 12.1. The van der Waals surface area contributed by atoms with E-state index in [2.05, 4.69) is 57.3 Å². The molecule has 1 atom stereocenters. The Bertz CT molecular complexity index is 627. The highest BCUT2D eigenvalue weighted by molar-refractivity contribution is 5.91. The monoisotopic (exact) mass is 311 g/mol. The van der Waals surface area contributed by atoms with Crippen LogP contribution >= 0.6 is 0 Å². The van der Waals surface area contributed by atoms with Gasteiger partial charge in [0, 0.05) is 11.3 Å². The summed E-state index contributed by atoms with van der Waals surface area (Å²) in [4.78, 5) is 12.1. The van der Waals surface area contributed by atoms with E-state index in [1.807, 2.05) is 35.6 Å². The topological polar surface area (TPSA) is 45.7 Å². The quantitative estimate of drug-likeness (QED) is 0.875. The van der Waals surface area contributed by atoms with Crippen LogP contribution < -0.4 is 10.6 Å². The predicted molar refractivity (Wildman–Crippen MR) is 95.4 cm³/mol. The molecule has 1 amide bonds. The number of carbonyl (C=O) groups is 1. The van der Waals surface area contributed by atoms with Crippen molar-refractivity contribution in [1.29, 1.82) is 0 Å². The Morgan fingerprint density at radius 3 is 2.22 bits per heavy atom. The van der Waals surface area contributed by atoms with Crippen LogP contribution in [-0.2, 0) is 10.2 Å². The Morgan fingerprint density at radius 2 is 1.65 bits per heavy atom. The molecule has 0 saturated heterocycles. The normalized spacial score (nSPS) is 12.7. The molecule has 0 spiro atoms. The minimum Gasteiger partial charge on any atom is -0.333 e. The molecule has 3 N–H and O–H groups in total. The first kappa shape index (κ1) is 17.2. The van der Waals surface area contributed by atoms with Crippen LogP contribution in [0.2, 0.25) is 0 Å². The van der Waals surface area contributed by atoms with Gasteiger partial charge in [0.25, 0.3) is 5.91 Å². The fourth-order valence-electron chi connectivity index (χ4n) is 2.44. The summed E-state index contributed by atoms with van der Waals surface area (Å²) >= 11 is 0. The summed E-state index contributed by atoms with van der Waals surface area (Å²) in [7, 11) is 0. The average molecular weight is 311 g/mol. The van der Waals surface area contributed by atoms with Gasteiger partial charge in [-0.3, -0.25) is 4.79 Å². The molecule has 0 radical (unpaired) electrons. The van der Waals surface area contributed by atoms with Crippen LogP contribution in [0.3, 0.4) is 0 Å². The van der Waals surface area contributed by atoms with Gasteiger partial charge in [-0.05, 0) is 30.0 Å². The molecule has 23 heavy (non-hydrogen) atoms. The van der Waals surface area contributed by atoms with E-state index >= 15 is 0 Å². The standard InChI is InChI=1S/C20H26N2O/c1-15(16-8-6-5-7-9-16)21-14-19(23)22-18-12-10-17(11-13-18)20(2,3)4/h5-13,15,21H,14H2,1-4H3,(H,22,23)/p+1/t15-/m1/s1. The first-order valence-electron chi connectivity index (χ1n) is 8.15. The van der Waals surface area contributed by atoms with Crippen molar-refractivity contribution in [3.63, 3.8) is 0 Å². The van der Waals surface area contributed by atoms with Gasteiger partial charge in [0.1, 0.15) is 6.04 Å². The second-order valence-electron chi connectivity index (χ2n) is 7.01. The summed E-state index contributed by atoms with van der Waals surface area (Å²) in [5.41, 5.74) is 3.47. The van der Waals surface area contributed by atoms with Gasteiger partial charge in [0.2, 0.25) is 0 Å². The third kappa shape index (κ3) is 5.22. The molecule has 0 aromatic heterocycles. The van der Waals surface area contributed by atoms with Crippen molar-refractivity contribution in [2.75, 3.05) is 11.9 Å². The molecule has 0 unspecified atom stereocenters. The van der Waals surface area contributed by atoms with Gasteiger partial charge in [-0.2, -0.15) is 0 Å². The van der Waals surface area contributed by atoms with Gasteiger partial charge in [-0.25, -0.2) is 0 Å². The number of nitrogens with one attached hydrogen (secondary N) is 1. The lowest BCUT2D eigenvalue weighted by Gasteiger charge is -2.19. The van der Waals surface area contributed by atoms with Crippen LogP contribution in [0.1, 0.15) is 44.9 Å². The van der Waals surface area contributed by atoms with Crippen LogP contribution in [0.15, 0.2) is 54.6 Å². The second kappa shape index (κ2) is 7.42. The van der Waals surface area contributed by atoms with E-state index in [-0.39, 0.29) is 17.4 Å². The maximum atomic E-state index is 12.1. The summed E-state index contributed by atoms with van der Waals surface area (Å²) in [5, 5.41) is 5.01. The third-order valence-corrected chi connectivity index (χ3v) is 4.02. The molecular weight excluding hydrogens is 284 g/mol. The number of quaternary nitrogens is 1. The fraction of sp³-hybridized carbons (Fsp3) is 0.350. The third-order valence-electron chi connectivity index (χ3n) is 4.02. The molecule has 122 valence electrons. The highest BCUT2D eigenvalue weighted by Gasteiger charge is 2.14. The maximum Gasteiger partial charge on any atom is 0.279 e. The molecule has 0 aliphatic heterocycles. The molecule has 0 aliphatic rings. The van der Waals surface area contributed by atoms with Crippen LogP contribution in [0, 0.1) is 0 Å². The second-order valence-corrected chi connectivity index (χ2v) is 7.01. The minimum absolute atomic E-state index is 0.0243. The summed E-state index contributed by atoms with van der Waals surface area (Å²) in [6, 6.07) is 18.6. The Hall–Kier alpha value is -2.13. The Kier molecular flexibility index (Phi) is 5.56. The Morgan fingerprint density at radius 1 is 1.04 bits per heavy atom. The van der Waals surface area contributed by atoms with Gasteiger partial charge in [0.05, 0.1) is 0 Å². The van der Waals surface area contributed by atoms with Crippen molar-refractivity contribution < 1.29 is 10.1 Å². The number of hydrogen-bond acceptors (Lipinski definition) is 1. The summed E-state index contributed by atoms with van der Waals surface area (Å²) in [5.74, 6) is 0.0243. The SMILES string of the molecule is C[C@@H]([NH2+]CC(=O)Nc1ccc(C(C)(C)C)cc1)c1ccccc1. The molecule has 0 heterocycles. The summed E-state index contributed by atoms with van der Waals surface area (Å²) in [6.07, 6.45) is 0. The van der Waals surface area contributed by atoms with E-state index in [1.54, 1.807) is 0 Å². The van der Waals surface area contributed by atoms with E-state index in [1.165, 1.54) is 11.1 Å². The minimum atomic E-state index is 0.0243. The average Bonchev–Trinajstić information content (AvgIpc) is 2.53. The molecular formula is C20H27N2O+. The first-order valence-corrected chi connectivity index (χ1v) is 8.15. The number of hydrogen-bond donors (Lipinski definition) is 2. The molecule has 0 aliphatic carbocycles. The van der Waals surface area contributed by atoms with Gasteiger partial charge in [-0.15, -0.1) is 0 Å². The molecule has 0 bridgehead atoms. The summed E-state index contributed by atoms with van der Waals surface area (Å²) in [6.45, 7) is 9.07. The Balaban J connectivity index is 1.85. The number of benzene rings is 2. The van der Waals surface area contributed by atoms with Crippen molar-refractivity contribution in [2.24, 2.45) is 0 Å². The number of nitrogens with two attached hydrogens (primary N) is 1. The zero-order chi connectivity index (χ0) is 16.9. The zero-order valence-corrected chi connectivity index (χ0v) is 14.5. The number of amides is 1. The van der Waals surface area contributed by atoms with Crippen LogP contribution in [0.4, 0.5) is 5.69 Å². The molecule has 2 rings (SSSR count). The molecule has 0 fully saturated rings. The van der Waals surface area contributed by atoms with Crippen LogP contribution in [-0.4, -0.2) is 12.5 Å². The van der Waals surface area contributed by atoms with Crippen molar-refractivity contribution in [3.8, 4) is 0 Å². The van der Waals surface area contributed by atoms with Crippen molar-refractivity contribution in [3.05, 3.63) is 65.7 Å². The van der Waals surface area contributed by atoms with Crippen molar-refractivity contribution in [2.45, 2.75) is 39.2 Å². The highest BCUT2D eigenvalue weighted by atomic mass is 16.1. The lowest BCUT2D eigenvalue weighted by atomic mass is 9.87. The predicted octanol–water partition coefficient (Wildman–Crippen LogP) is 3.25. The lowest BCUT2D eigenvalue weighted by Crippen LogP contribution is -2.86. The van der Waals surface area contributed by atoms with Gasteiger partial charge in [-0.1, -0.05) is 63.2 Å². The van der Waals surface area contributed by atoms with E-state index in [4.69, 9.17) is 0 Å². The van der Waals surface area contributed by atoms with Crippen molar-refractivity contribution >= 4 is 11.6 Å². The van der Waals surface area contributed by atoms with Crippen LogP contribution in [0.25, 0.3) is 0 Å². The molecule has 2 aromatic carbocycles.